The lowest BCUT2D eigenvalue weighted by Gasteiger charge is -2.19. The van der Waals surface area contributed by atoms with Crippen LogP contribution in [0.5, 0.6) is 0 Å². The molecule has 21 heavy (non-hydrogen) atoms. The zero-order valence-electron chi connectivity index (χ0n) is 12.4. The summed E-state index contributed by atoms with van der Waals surface area (Å²) in [5.74, 6) is 1.32. The predicted octanol–water partition coefficient (Wildman–Crippen LogP) is 5.59. The summed E-state index contributed by atoms with van der Waals surface area (Å²) in [7, 11) is -3.61. The Bertz CT molecular complexity index is 494. The first-order chi connectivity index (χ1) is 10.0. The zero-order chi connectivity index (χ0) is 15.7. The van der Waals surface area contributed by atoms with Crippen molar-refractivity contribution < 1.29 is 18.1 Å². The van der Waals surface area contributed by atoms with E-state index in [4.69, 9.17) is 25.2 Å². The maximum atomic E-state index is 12.5. The molecule has 0 fully saturated rings. The Morgan fingerprint density at radius 3 is 2.24 bits per heavy atom. The van der Waals surface area contributed by atoms with E-state index >= 15 is 0 Å². The Kier molecular flexibility index (Phi) is 8.45. The Morgan fingerprint density at radius 2 is 1.76 bits per heavy atom. The SMILES string of the molecule is CCOP(=O)(OCC)O/C(=C/SCC)c1ccc(Cl)cc1. The number of phosphoric ester groups is 1. The van der Waals surface area contributed by atoms with E-state index in [-0.39, 0.29) is 13.2 Å². The van der Waals surface area contributed by atoms with E-state index in [1.807, 2.05) is 6.92 Å². The number of rotatable bonds is 9. The third-order valence-corrected chi connectivity index (χ3v) is 4.81. The van der Waals surface area contributed by atoms with E-state index in [2.05, 4.69) is 0 Å². The standard InChI is InChI=1S/C14H20ClO4PS/c1-4-17-20(16,18-5-2)19-14(11-21-6-3)12-7-9-13(15)10-8-12/h7-11H,4-6H2,1-3H3/b14-11+. The van der Waals surface area contributed by atoms with Crippen molar-refractivity contribution in [2.24, 2.45) is 0 Å². The van der Waals surface area contributed by atoms with E-state index in [1.165, 1.54) is 11.8 Å². The molecule has 0 unspecified atom stereocenters. The van der Waals surface area contributed by atoms with Gasteiger partial charge in [-0.3, -0.25) is 9.05 Å². The molecule has 0 aliphatic heterocycles. The zero-order valence-corrected chi connectivity index (χ0v) is 14.8. The van der Waals surface area contributed by atoms with Crippen LogP contribution in [0.3, 0.4) is 0 Å². The van der Waals surface area contributed by atoms with Gasteiger partial charge in [0.2, 0.25) is 0 Å². The van der Waals surface area contributed by atoms with Crippen LogP contribution in [0.25, 0.3) is 5.76 Å². The lowest BCUT2D eigenvalue weighted by atomic mass is 10.2. The van der Waals surface area contributed by atoms with E-state index < -0.39 is 7.82 Å². The molecule has 1 aromatic carbocycles. The second-order valence-corrected chi connectivity index (χ2v) is 6.99. The summed E-state index contributed by atoms with van der Waals surface area (Å²) < 4.78 is 28.4. The average molecular weight is 351 g/mol. The molecule has 0 spiro atoms. The van der Waals surface area contributed by atoms with Crippen LogP contribution in [0.1, 0.15) is 26.3 Å². The molecular weight excluding hydrogens is 331 g/mol. The van der Waals surface area contributed by atoms with E-state index in [1.54, 1.807) is 43.5 Å². The molecule has 1 rings (SSSR count). The molecule has 0 aliphatic carbocycles. The van der Waals surface area contributed by atoms with Crippen molar-refractivity contribution in [1.29, 1.82) is 0 Å². The van der Waals surface area contributed by atoms with Crippen molar-refractivity contribution in [2.75, 3.05) is 19.0 Å². The van der Waals surface area contributed by atoms with Gasteiger partial charge in [-0.25, -0.2) is 4.57 Å². The second kappa shape index (κ2) is 9.54. The number of hydrogen-bond donors (Lipinski definition) is 0. The maximum Gasteiger partial charge on any atom is 0.530 e. The van der Waals surface area contributed by atoms with Crippen molar-refractivity contribution >= 4 is 36.9 Å². The Morgan fingerprint density at radius 1 is 1.19 bits per heavy atom. The molecule has 7 heteroatoms. The van der Waals surface area contributed by atoms with Gasteiger partial charge in [0.25, 0.3) is 0 Å². The van der Waals surface area contributed by atoms with Gasteiger partial charge in [0.1, 0.15) is 5.76 Å². The second-order valence-electron chi connectivity index (χ2n) is 3.82. The van der Waals surface area contributed by atoms with E-state index in [0.29, 0.717) is 10.8 Å². The molecule has 0 radical (unpaired) electrons. The molecule has 0 saturated carbocycles. The fraction of sp³-hybridized carbons (Fsp3) is 0.429. The quantitative estimate of drug-likeness (QED) is 0.429. The average Bonchev–Trinajstić information content (AvgIpc) is 2.45. The minimum absolute atomic E-state index is 0.242. The third kappa shape index (κ3) is 6.45. The highest BCUT2D eigenvalue weighted by molar-refractivity contribution is 8.02. The van der Waals surface area contributed by atoms with Crippen molar-refractivity contribution in [2.45, 2.75) is 20.8 Å². The monoisotopic (exact) mass is 350 g/mol. The smallest absolute Gasteiger partial charge is 0.403 e. The summed E-state index contributed by atoms with van der Waals surface area (Å²) >= 11 is 7.42. The first-order valence-corrected chi connectivity index (χ1v) is 9.59. The summed E-state index contributed by atoms with van der Waals surface area (Å²) in [6.07, 6.45) is 0. The summed E-state index contributed by atoms with van der Waals surface area (Å²) in [5, 5.41) is 2.42. The Labute approximate surface area is 135 Å². The number of thioether (sulfide) groups is 1. The number of halogens is 1. The van der Waals surface area contributed by atoms with Gasteiger partial charge in [-0.05, 0) is 43.9 Å². The van der Waals surface area contributed by atoms with Gasteiger partial charge in [-0.15, -0.1) is 11.8 Å². The van der Waals surface area contributed by atoms with Crippen LogP contribution in [0.4, 0.5) is 0 Å². The molecule has 1 aromatic rings. The van der Waals surface area contributed by atoms with Gasteiger partial charge in [0.05, 0.1) is 13.2 Å². The summed E-state index contributed by atoms with van der Waals surface area (Å²) in [5.41, 5.74) is 0.764. The maximum absolute atomic E-state index is 12.5. The van der Waals surface area contributed by atoms with Crippen molar-refractivity contribution in [3.05, 3.63) is 40.3 Å². The van der Waals surface area contributed by atoms with Crippen LogP contribution < -0.4 is 0 Å². The van der Waals surface area contributed by atoms with E-state index in [9.17, 15) is 4.57 Å². The lowest BCUT2D eigenvalue weighted by molar-refractivity contribution is 0.159. The molecule has 0 saturated heterocycles. The molecular formula is C14H20ClO4PS. The Hall–Kier alpha value is -0.450. The van der Waals surface area contributed by atoms with Gasteiger partial charge >= 0.3 is 7.82 Å². The van der Waals surface area contributed by atoms with Gasteiger partial charge in [0.15, 0.2) is 0 Å². The molecule has 118 valence electrons. The first-order valence-electron chi connectivity index (χ1n) is 6.71. The topological polar surface area (TPSA) is 44.8 Å². The third-order valence-electron chi connectivity index (χ3n) is 2.27. The predicted molar refractivity (Wildman–Crippen MR) is 89.5 cm³/mol. The molecule has 0 N–H and O–H groups in total. The minimum Gasteiger partial charge on any atom is -0.403 e. The highest BCUT2D eigenvalue weighted by Gasteiger charge is 2.28. The fourth-order valence-corrected chi connectivity index (χ4v) is 3.35. The first kappa shape index (κ1) is 18.6. The molecule has 0 heterocycles. The van der Waals surface area contributed by atoms with Crippen LogP contribution >= 0.6 is 31.2 Å². The number of phosphoric acid groups is 1. The summed E-state index contributed by atoms with van der Waals surface area (Å²) in [6, 6.07) is 7.09. The summed E-state index contributed by atoms with van der Waals surface area (Å²) in [4.78, 5) is 0. The van der Waals surface area contributed by atoms with Crippen LogP contribution in [-0.4, -0.2) is 19.0 Å². The molecule has 4 nitrogen and oxygen atoms in total. The molecule has 0 bridgehead atoms. The highest BCUT2D eigenvalue weighted by Crippen LogP contribution is 2.53. The Balaban J connectivity index is 3.02. The number of benzene rings is 1. The van der Waals surface area contributed by atoms with Crippen LogP contribution in [0, 0.1) is 0 Å². The molecule has 0 aliphatic rings. The largest absolute Gasteiger partial charge is 0.530 e. The van der Waals surface area contributed by atoms with E-state index in [0.717, 1.165) is 11.3 Å². The van der Waals surface area contributed by atoms with Gasteiger partial charge in [-0.1, -0.05) is 18.5 Å². The fourth-order valence-electron chi connectivity index (χ4n) is 1.44. The highest BCUT2D eigenvalue weighted by atomic mass is 35.5. The van der Waals surface area contributed by atoms with Crippen molar-refractivity contribution in [3.63, 3.8) is 0 Å². The molecule has 0 amide bonds. The molecule has 0 aromatic heterocycles. The molecule has 0 atom stereocenters. The van der Waals surface area contributed by atoms with Gasteiger partial charge in [0, 0.05) is 16.0 Å². The van der Waals surface area contributed by atoms with Crippen LogP contribution in [0.2, 0.25) is 5.02 Å². The van der Waals surface area contributed by atoms with Crippen molar-refractivity contribution in [3.8, 4) is 0 Å². The van der Waals surface area contributed by atoms with Gasteiger partial charge < -0.3 is 4.52 Å². The number of hydrogen-bond acceptors (Lipinski definition) is 5. The lowest BCUT2D eigenvalue weighted by Crippen LogP contribution is -2.00. The van der Waals surface area contributed by atoms with Gasteiger partial charge in [-0.2, -0.15) is 0 Å². The van der Waals surface area contributed by atoms with Crippen LogP contribution in [0.15, 0.2) is 29.7 Å². The van der Waals surface area contributed by atoms with Crippen molar-refractivity contribution in [1.82, 2.24) is 0 Å². The minimum atomic E-state index is -3.61. The van der Waals surface area contributed by atoms with Crippen LogP contribution in [-0.2, 0) is 18.1 Å². The normalized spacial score (nSPS) is 12.5. The summed E-state index contributed by atoms with van der Waals surface area (Å²) in [6.45, 7) is 5.98.